The van der Waals surface area contributed by atoms with Crippen LogP contribution in [0.15, 0.2) is 35.9 Å². The third-order valence-corrected chi connectivity index (χ3v) is 5.58. The Morgan fingerprint density at radius 3 is 2.67 bits per heavy atom. The van der Waals surface area contributed by atoms with Crippen LogP contribution < -0.4 is 0 Å². The zero-order valence-electron chi connectivity index (χ0n) is 16.2. The maximum Gasteiger partial charge on any atom is 0.105 e. The average Bonchev–Trinajstić information content (AvgIpc) is 3.05. The first kappa shape index (κ1) is 15.6. The lowest BCUT2D eigenvalue weighted by atomic mass is 9.97. The number of hydrogen-bond donors (Lipinski definition) is 0. The Morgan fingerprint density at radius 1 is 1.25 bits per heavy atom. The number of benzene rings is 1. The van der Waals surface area contributed by atoms with Crippen LogP contribution in [0.4, 0.5) is 0 Å². The van der Waals surface area contributed by atoms with E-state index in [1.54, 1.807) is 11.3 Å². The van der Waals surface area contributed by atoms with E-state index < -0.39 is 0 Å². The molecule has 24 heavy (non-hydrogen) atoms. The van der Waals surface area contributed by atoms with E-state index in [1.165, 1.54) is 21.6 Å². The van der Waals surface area contributed by atoms with Gasteiger partial charge < -0.3 is 4.57 Å². The molecule has 0 unspecified atom stereocenters. The molecule has 0 aliphatic rings. The molecular weight excluding hydrogens is 312 g/mol. The van der Waals surface area contributed by atoms with Crippen LogP contribution in [0.5, 0.6) is 0 Å². The van der Waals surface area contributed by atoms with Gasteiger partial charge in [0.2, 0.25) is 0 Å². The van der Waals surface area contributed by atoms with E-state index in [0.717, 1.165) is 29.9 Å². The molecule has 0 saturated carbocycles. The first-order valence-corrected chi connectivity index (χ1v) is 9.35. The molecule has 2 aromatic heterocycles. The molecule has 2 nitrogen and oxygen atoms in total. The second-order valence-corrected chi connectivity index (χ2v) is 7.87. The molecule has 0 aliphatic carbocycles. The third kappa shape index (κ3) is 3.46. The van der Waals surface area contributed by atoms with Crippen molar-refractivity contribution in [2.45, 2.75) is 47.6 Å². The maximum absolute atomic E-state index is 8.43. The Labute approximate surface area is 150 Å². The minimum atomic E-state index is 0.618. The Hall–Kier alpha value is -1.87. The first-order chi connectivity index (χ1) is 11.9. The smallest absolute Gasteiger partial charge is 0.105 e. The summed E-state index contributed by atoms with van der Waals surface area (Å²) in [5, 5.41) is 0.686. The van der Waals surface area contributed by atoms with Crippen LogP contribution in [0.3, 0.4) is 0 Å². The molecule has 2 heterocycles. The summed E-state index contributed by atoms with van der Waals surface area (Å²) in [5.74, 6) is 1.65. The molecule has 0 spiro atoms. The van der Waals surface area contributed by atoms with Crippen LogP contribution >= 0.6 is 11.3 Å². The highest BCUT2D eigenvalue weighted by Crippen LogP contribution is 2.33. The summed E-state index contributed by atoms with van der Waals surface area (Å²) in [4.78, 5) is 5.65. The Morgan fingerprint density at radius 2 is 2.04 bits per heavy atom. The number of thiophene rings is 1. The molecule has 0 N–H and O–H groups in total. The number of hydrogen-bond acceptors (Lipinski definition) is 2. The SMILES string of the molecule is [2H]c1sc(CC(C)C)c(C)c1-c1ccc(Cn2ccnc2C)c(C)c1. The predicted molar refractivity (Wildman–Crippen MR) is 104 cm³/mol. The zero-order chi connectivity index (χ0) is 18.1. The van der Waals surface area contributed by atoms with Gasteiger partial charge in [-0.05, 0) is 66.3 Å². The quantitative estimate of drug-likeness (QED) is 0.576. The molecule has 0 radical (unpaired) electrons. The Bertz CT molecular complexity index is 889. The monoisotopic (exact) mass is 339 g/mol. The average molecular weight is 340 g/mol. The van der Waals surface area contributed by atoms with Crippen LogP contribution in [0, 0.1) is 26.7 Å². The molecule has 0 amide bonds. The topological polar surface area (TPSA) is 17.8 Å². The molecule has 0 bridgehead atoms. The van der Waals surface area contributed by atoms with Gasteiger partial charge >= 0.3 is 0 Å². The van der Waals surface area contributed by atoms with E-state index in [9.17, 15) is 0 Å². The van der Waals surface area contributed by atoms with Crippen molar-refractivity contribution in [2.75, 3.05) is 0 Å². The number of nitrogens with zero attached hydrogens (tertiary/aromatic N) is 2. The summed E-state index contributed by atoms with van der Waals surface area (Å²) in [6.07, 6.45) is 4.92. The van der Waals surface area contributed by atoms with Gasteiger partial charge in [-0.15, -0.1) is 11.3 Å². The maximum atomic E-state index is 8.43. The highest BCUT2D eigenvalue weighted by Gasteiger charge is 2.12. The van der Waals surface area contributed by atoms with E-state index in [4.69, 9.17) is 1.37 Å². The predicted octanol–water partition coefficient (Wildman–Crippen LogP) is 5.78. The van der Waals surface area contributed by atoms with E-state index in [2.05, 4.69) is 55.4 Å². The Kier molecular flexibility index (Phi) is 4.52. The Balaban J connectivity index is 1.93. The number of aryl methyl sites for hydroxylation is 2. The van der Waals surface area contributed by atoms with Gasteiger partial charge in [0.1, 0.15) is 5.82 Å². The molecular formula is C21H26N2S. The molecule has 0 saturated heterocycles. The summed E-state index contributed by atoms with van der Waals surface area (Å²) in [6, 6.07) is 6.59. The highest BCUT2D eigenvalue weighted by molar-refractivity contribution is 7.10. The van der Waals surface area contributed by atoms with Crippen LogP contribution in [-0.4, -0.2) is 9.55 Å². The highest BCUT2D eigenvalue weighted by atomic mass is 32.1. The summed E-state index contributed by atoms with van der Waals surface area (Å²) >= 11 is 1.63. The summed E-state index contributed by atoms with van der Waals surface area (Å²) in [7, 11) is 0. The molecule has 0 atom stereocenters. The number of rotatable bonds is 5. The van der Waals surface area contributed by atoms with Crippen LogP contribution in [0.2, 0.25) is 0 Å². The van der Waals surface area contributed by atoms with E-state index in [-0.39, 0.29) is 0 Å². The zero-order valence-corrected chi connectivity index (χ0v) is 16.0. The normalized spacial score (nSPS) is 12.0. The van der Waals surface area contributed by atoms with Gasteiger partial charge in [-0.3, -0.25) is 0 Å². The van der Waals surface area contributed by atoms with Crippen molar-refractivity contribution >= 4 is 11.3 Å². The van der Waals surface area contributed by atoms with Crippen molar-refractivity contribution in [3.63, 3.8) is 0 Å². The second kappa shape index (κ2) is 6.94. The minimum Gasteiger partial charge on any atom is -0.331 e. The van der Waals surface area contributed by atoms with Gasteiger partial charge in [-0.25, -0.2) is 4.98 Å². The molecule has 3 heteroatoms. The van der Waals surface area contributed by atoms with Crippen LogP contribution in [-0.2, 0) is 13.0 Å². The standard InChI is InChI=1S/C21H26N2S/c1-14(2)10-21-16(4)20(13-24-21)18-6-7-19(15(3)11-18)12-23-9-8-22-17(23)5/h6-9,11,13-14H,10,12H2,1-5H3/i13D. The van der Waals surface area contributed by atoms with Gasteiger partial charge in [-0.1, -0.05) is 32.0 Å². The van der Waals surface area contributed by atoms with Crippen molar-refractivity contribution in [1.82, 2.24) is 9.55 Å². The summed E-state index contributed by atoms with van der Waals surface area (Å²) in [6.45, 7) is 11.7. The van der Waals surface area contributed by atoms with Crippen molar-refractivity contribution in [3.8, 4) is 11.1 Å². The largest absolute Gasteiger partial charge is 0.331 e. The third-order valence-electron chi connectivity index (χ3n) is 4.56. The van der Waals surface area contributed by atoms with Crippen LogP contribution in [0.1, 0.15) is 42.6 Å². The number of aromatic nitrogens is 2. The molecule has 126 valence electrons. The van der Waals surface area contributed by atoms with Crippen LogP contribution in [0.25, 0.3) is 11.1 Å². The molecule has 0 fully saturated rings. The fraction of sp³-hybridized carbons (Fsp3) is 0.381. The fourth-order valence-electron chi connectivity index (χ4n) is 3.03. The molecule has 0 aliphatic heterocycles. The summed E-state index contributed by atoms with van der Waals surface area (Å²) < 4.78 is 10.6. The molecule has 1 aromatic carbocycles. The summed E-state index contributed by atoms with van der Waals surface area (Å²) in [5.41, 5.74) is 6.11. The fourth-order valence-corrected chi connectivity index (χ4v) is 4.20. The van der Waals surface area contributed by atoms with E-state index >= 15 is 0 Å². The van der Waals surface area contributed by atoms with E-state index in [0.29, 0.717) is 11.3 Å². The van der Waals surface area contributed by atoms with E-state index in [1.807, 2.05) is 19.3 Å². The molecule has 3 aromatic rings. The van der Waals surface area contributed by atoms with Gasteiger partial charge in [0, 0.05) is 23.8 Å². The first-order valence-electron chi connectivity index (χ1n) is 9.03. The van der Waals surface area contributed by atoms with Gasteiger partial charge in [0.15, 0.2) is 0 Å². The van der Waals surface area contributed by atoms with Gasteiger partial charge in [-0.2, -0.15) is 0 Å². The van der Waals surface area contributed by atoms with Crippen molar-refractivity contribution in [2.24, 2.45) is 5.92 Å². The lowest BCUT2D eigenvalue weighted by Crippen LogP contribution is -2.02. The lowest BCUT2D eigenvalue weighted by molar-refractivity contribution is 0.652. The molecule has 3 rings (SSSR count). The van der Waals surface area contributed by atoms with Gasteiger partial charge in [0.05, 0.1) is 1.37 Å². The van der Waals surface area contributed by atoms with Crippen molar-refractivity contribution < 1.29 is 1.37 Å². The minimum absolute atomic E-state index is 0.618. The number of imidazole rings is 1. The second-order valence-electron chi connectivity index (χ2n) is 6.97. The van der Waals surface area contributed by atoms with Crippen molar-refractivity contribution in [1.29, 1.82) is 0 Å². The van der Waals surface area contributed by atoms with Gasteiger partial charge in [0.25, 0.3) is 0 Å². The lowest BCUT2D eigenvalue weighted by Gasteiger charge is -2.11. The van der Waals surface area contributed by atoms with Crippen molar-refractivity contribution in [3.05, 3.63) is 63.3 Å².